The van der Waals surface area contributed by atoms with Crippen LogP contribution in [0.4, 0.5) is 11.6 Å². The van der Waals surface area contributed by atoms with E-state index in [0.29, 0.717) is 18.2 Å². The van der Waals surface area contributed by atoms with Crippen molar-refractivity contribution in [1.82, 2.24) is 15.0 Å². The molecule has 88 valence electrons. The normalized spacial score (nSPS) is 10.0. The van der Waals surface area contributed by atoms with E-state index in [0.717, 1.165) is 11.5 Å². The van der Waals surface area contributed by atoms with Crippen LogP contribution >= 0.6 is 0 Å². The summed E-state index contributed by atoms with van der Waals surface area (Å²) >= 11 is 0. The third-order valence-corrected chi connectivity index (χ3v) is 2.16. The van der Waals surface area contributed by atoms with Crippen molar-refractivity contribution in [2.75, 3.05) is 10.7 Å². The van der Waals surface area contributed by atoms with E-state index in [1.807, 2.05) is 25.1 Å². The van der Waals surface area contributed by atoms with Gasteiger partial charge in [-0.2, -0.15) is 0 Å². The number of nitrogens with two attached hydrogens (primary N) is 1. The van der Waals surface area contributed by atoms with Gasteiger partial charge < -0.3 is 10.7 Å². The molecule has 0 aliphatic carbocycles. The van der Waals surface area contributed by atoms with Gasteiger partial charge in [-0.1, -0.05) is 6.07 Å². The van der Waals surface area contributed by atoms with Crippen LogP contribution in [0.3, 0.4) is 0 Å². The first kappa shape index (κ1) is 11.3. The summed E-state index contributed by atoms with van der Waals surface area (Å²) in [7, 11) is 0. The largest absolute Gasteiger partial charge is 0.364 e. The molecule has 2 heterocycles. The summed E-state index contributed by atoms with van der Waals surface area (Å²) in [4.78, 5) is 12.6. The van der Waals surface area contributed by atoms with Crippen molar-refractivity contribution in [3.05, 3.63) is 42.0 Å². The number of pyridine rings is 1. The molecule has 0 amide bonds. The Labute approximate surface area is 99.3 Å². The second-order valence-electron chi connectivity index (χ2n) is 3.50. The van der Waals surface area contributed by atoms with Crippen molar-refractivity contribution in [2.45, 2.75) is 13.5 Å². The lowest BCUT2D eigenvalue weighted by molar-refractivity contribution is 0.992. The molecule has 0 atom stereocenters. The molecule has 0 fully saturated rings. The molecule has 0 spiro atoms. The van der Waals surface area contributed by atoms with Crippen LogP contribution in [-0.4, -0.2) is 15.0 Å². The zero-order chi connectivity index (χ0) is 12.1. The van der Waals surface area contributed by atoms with E-state index in [-0.39, 0.29) is 0 Å². The topological polar surface area (TPSA) is 88.8 Å². The number of hydrazine groups is 1. The number of nitrogens with zero attached hydrogens (tertiary/aromatic N) is 3. The molecule has 6 nitrogen and oxygen atoms in total. The van der Waals surface area contributed by atoms with Crippen LogP contribution in [0.1, 0.15) is 11.5 Å². The molecule has 17 heavy (non-hydrogen) atoms. The van der Waals surface area contributed by atoms with Crippen LogP contribution in [0.25, 0.3) is 0 Å². The molecule has 0 aliphatic heterocycles. The molecule has 2 rings (SSSR count). The average molecular weight is 230 g/mol. The zero-order valence-electron chi connectivity index (χ0n) is 9.51. The number of hydrogen-bond donors (Lipinski definition) is 3. The van der Waals surface area contributed by atoms with Crippen LogP contribution in [0.5, 0.6) is 0 Å². The van der Waals surface area contributed by atoms with Gasteiger partial charge >= 0.3 is 0 Å². The lowest BCUT2D eigenvalue weighted by Gasteiger charge is -2.07. The number of rotatable bonds is 4. The molecule has 0 radical (unpaired) electrons. The fourth-order valence-corrected chi connectivity index (χ4v) is 1.42. The Bertz CT molecular complexity index is 485. The molecule has 4 N–H and O–H groups in total. The van der Waals surface area contributed by atoms with E-state index in [2.05, 4.69) is 25.7 Å². The lowest BCUT2D eigenvalue weighted by Crippen LogP contribution is -2.11. The van der Waals surface area contributed by atoms with E-state index >= 15 is 0 Å². The molecular weight excluding hydrogens is 216 g/mol. The minimum absolute atomic E-state index is 0.584. The molecule has 2 aromatic heterocycles. The average Bonchev–Trinajstić information content (AvgIpc) is 2.37. The molecule has 0 aliphatic rings. The summed E-state index contributed by atoms with van der Waals surface area (Å²) in [5.74, 6) is 7.27. The first-order valence-electron chi connectivity index (χ1n) is 5.24. The first-order chi connectivity index (χ1) is 8.28. The maximum Gasteiger partial charge on any atom is 0.145 e. The molecule has 6 heteroatoms. The van der Waals surface area contributed by atoms with Crippen molar-refractivity contribution in [3.63, 3.8) is 0 Å². The van der Waals surface area contributed by atoms with E-state index in [9.17, 15) is 0 Å². The van der Waals surface area contributed by atoms with Gasteiger partial charge in [0.05, 0.1) is 12.2 Å². The molecule has 0 unspecified atom stereocenters. The summed E-state index contributed by atoms with van der Waals surface area (Å²) in [5.41, 5.74) is 3.45. The Morgan fingerprint density at radius 2 is 2.06 bits per heavy atom. The second-order valence-corrected chi connectivity index (χ2v) is 3.50. The predicted octanol–water partition coefficient (Wildman–Crippen LogP) is 1.08. The maximum absolute atomic E-state index is 5.31. The highest BCUT2D eigenvalue weighted by Gasteiger charge is 2.00. The molecule has 0 saturated carbocycles. The fourth-order valence-electron chi connectivity index (χ4n) is 1.42. The van der Waals surface area contributed by atoms with Gasteiger partial charge in [0.15, 0.2) is 0 Å². The molecular formula is C11H14N6. The summed E-state index contributed by atoms with van der Waals surface area (Å²) in [5, 5.41) is 3.17. The van der Waals surface area contributed by atoms with Crippen molar-refractivity contribution >= 4 is 11.6 Å². The standard InChI is InChI=1S/C11H14N6/c1-8-15-10(6-11(16-8)17-12)14-7-9-4-2-3-5-13-9/h2-6H,7,12H2,1H3,(H2,14,15,16,17). The number of nitrogen functional groups attached to an aromatic ring is 1. The van der Waals surface area contributed by atoms with E-state index < -0.39 is 0 Å². The molecule has 0 bridgehead atoms. The maximum atomic E-state index is 5.31. The van der Waals surface area contributed by atoms with Gasteiger partial charge in [-0.05, 0) is 19.1 Å². The SMILES string of the molecule is Cc1nc(NN)cc(NCc2ccccn2)n1. The third kappa shape index (κ3) is 3.12. The number of aromatic nitrogens is 3. The predicted molar refractivity (Wildman–Crippen MR) is 66.1 cm³/mol. The summed E-state index contributed by atoms with van der Waals surface area (Å²) in [6.07, 6.45) is 1.76. The first-order valence-corrected chi connectivity index (χ1v) is 5.24. The van der Waals surface area contributed by atoms with Crippen LogP contribution in [0, 0.1) is 6.92 Å². The Morgan fingerprint density at radius 1 is 1.24 bits per heavy atom. The van der Waals surface area contributed by atoms with Gasteiger partial charge in [-0.15, -0.1) is 0 Å². The van der Waals surface area contributed by atoms with Crippen molar-refractivity contribution < 1.29 is 0 Å². The van der Waals surface area contributed by atoms with Crippen molar-refractivity contribution in [3.8, 4) is 0 Å². The Hall–Kier alpha value is -2.21. The van der Waals surface area contributed by atoms with E-state index in [1.165, 1.54) is 0 Å². The highest BCUT2D eigenvalue weighted by atomic mass is 15.3. The van der Waals surface area contributed by atoms with Crippen molar-refractivity contribution in [2.24, 2.45) is 5.84 Å². The van der Waals surface area contributed by atoms with Gasteiger partial charge in [-0.3, -0.25) is 4.98 Å². The minimum atomic E-state index is 0.584. The Balaban J connectivity index is 2.06. The Morgan fingerprint density at radius 3 is 2.76 bits per heavy atom. The van der Waals surface area contributed by atoms with Gasteiger partial charge in [0, 0.05) is 12.3 Å². The smallest absolute Gasteiger partial charge is 0.145 e. The number of hydrogen-bond acceptors (Lipinski definition) is 6. The quantitative estimate of drug-likeness (QED) is 0.538. The highest BCUT2D eigenvalue weighted by molar-refractivity contribution is 5.46. The summed E-state index contributed by atoms with van der Waals surface area (Å²) in [6, 6.07) is 7.52. The third-order valence-electron chi connectivity index (χ3n) is 2.16. The number of aryl methyl sites for hydroxylation is 1. The van der Waals surface area contributed by atoms with Crippen LogP contribution in [-0.2, 0) is 6.54 Å². The van der Waals surface area contributed by atoms with Gasteiger partial charge in [0.1, 0.15) is 17.5 Å². The zero-order valence-corrected chi connectivity index (χ0v) is 9.51. The van der Waals surface area contributed by atoms with Crippen LogP contribution in [0.2, 0.25) is 0 Å². The van der Waals surface area contributed by atoms with Crippen molar-refractivity contribution in [1.29, 1.82) is 0 Å². The highest BCUT2D eigenvalue weighted by Crippen LogP contribution is 2.10. The fraction of sp³-hybridized carbons (Fsp3) is 0.182. The van der Waals surface area contributed by atoms with Crippen LogP contribution in [0.15, 0.2) is 30.5 Å². The molecule has 0 saturated heterocycles. The molecule has 2 aromatic rings. The Kier molecular flexibility index (Phi) is 3.46. The van der Waals surface area contributed by atoms with Gasteiger partial charge in [-0.25, -0.2) is 15.8 Å². The number of anilines is 2. The number of nitrogens with one attached hydrogen (secondary N) is 2. The lowest BCUT2D eigenvalue weighted by atomic mass is 10.3. The monoisotopic (exact) mass is 230 g/mol. The van der Waals surface area contributed by atoms with E-state index in [1.54, 1.807) is 12.3 Å². The van der Waals surface area contributed by atoms with Gasteiger partial charge in [0.2, 0.25) is 0 Å². The summed E-state index contributed by atoms with van der Waals surface area (Å²) in [6.45, 7) is 2.42. The van der Waals surface area contributed by atoms with E-state index in [4.69, 9.17) is 5.84 Å². The molecule has 0 aromatic carbocycles. The van der Waals surface area contributed by atoms with Gasteiger partial charge in [0.25, 0.3) is 0 Å². The van der Waals surface area contributed by atoms with Crippen LogP contribution < -0.4 is 16.6 Å². The summed E-state index contributed by atoms with van der Waals surface area (Å²) < 4.78 is 0. The second kappa shape index (κ2) is 5.22. The minimum Gasteiger partial charge on any atom is -0.364 e.